The average Bonchev–Trinajstić information content (AvgIpc) is 3.15. The van der Waals surface area contributed by atoms with Crippen LogP contribution in [0.5, 0.6) is 0 Å². The Morgan fingerprint density at radius 2 is 1.23 bits per heavy atom. The van der Waals surface area contributed by atoms with Gasteiger partial charge in [0, 0.05) is 11.1 Å². The summed E-state index contributed by atoms with van der Waals surface area (Å²) in [6.45, 7) is 1.58. The SMILES string of the molecule is Cc1nn2c(c1-c1ccc(C(F)(F)F)cc1)N=C(c1ccc(C(F)(F)F)cc1)C2=O. The van der Waals surface area contributed by atoms with Gasteiger partial charge in [-0.2, -0.15) is 36.1 Å². The highest BCUT2D eigenvalue weighted by Gasteiger charge is 2.34. The molecule has 0 N–H and O–H groups in total. The van der Waals surface area contributed by atoms with Crippen molar-refractivity contribution in [1.82, 2.24) is 9.78 Å². The van der Waals surface area contributed by atoms with E-state index in [-0.39, 0.29) is 17.1 Å². The molecule has 2 aromatic carbocycles. The monoisotopic (exact) mass is 423 g/mol. The lowest BCUT2D eigenvalue weighted by atomic mass is 10.0. The van der Waals surface area contributed by atoms with E-state index in [1.54, 1.807) is 6.92 Å². The number of alkyl halides is 6. The Labute approximate surface area is 165 Å². The number of aryl methyl sites for hydroxylation is 1. The molecule has 0 unspecified atom stereocenters. The van der Waals surface area contributed by atoms with Crippen molar-refractivity contribution < 1.29 is 31.1 Å². The van der Waals surface area contributed by atoms with Gasteiger partial charge in [0.25, 0.3) is 5.91 Å². The van der Waals surface area contributed by atoms with E-state index < -0.39 is 29.4 Å². The standard InChI is InChI=1S/C20H11F6N3O/c1-10-15(11-2-6-13(7-3-11)19(21,22)23)17-27-16(18(30)29(17)28-10)12-4-8-14(9-5-12)20(24,25)26/h2-9H,1H3. The van der Waals surface area contributed by atoms with Gasteiger partial charge >= 0.3 is 12.4 Å². The molecule has 1 aliphatic rings. The molecule has 0 fully saturated rings. The van der Waals surface area contributed by atoms with Crippen molar-refractivity contribution in [1.29, 1.82) is 0 Å². The molecule has 10 heteroatoms. The summed E-state index contributed by atoms with van der Waals surface area (Å²) >= 11 is 0. The van der Waals surface area contributed by atoms with Crippen LogP contribution in [0.1, 0.15) is 27.2 Å². The van der Waals surface area contributed by atoms with Gasteiger partial charge < -0.3 is 0 Å². The highest BCUT2D eigenvalue weighted by molar-refractivity contribution is 6.48. The highest BCUT2D eigenvalue weighted by Crippen LogP contribution is 2.39. The Kier molecular flexibility index (Phi) is 4.33. The molecule has 0 saturated carbocycles. The molecule has 1 aliphatic heterocycles. The quantitative estimate of drug-likeness (QED) is 0.499. The molecule has 4 nitrogen and oxygen atoms in total. The number of fused-ring (bicyclic) bond motifs is 1. The van der Waals surface area contributed by atoms with Crippen molar-refractivity contribution in [3.8, 4) is 11.1 Å². The summed E-state index contributed by atoms with van der Waals surface area (Å²) in [4.78, 5) is 16.9. The minimum Gasteiger partial charge on any atom is -0.265 e. The fraction of sp³-hybridized carbons (Fsp3) is 0.150. The minimum atomic E-state index is -4.51. The number of aliphatic imine (C=N–C) groups is 1. The largest absolute Gasteiger partial charge is 0.416 e. The van der Waals surface area contributed by atoms with E-state index in [0.29, 0.717) is 16.8 Å². The Morgan fingerprint density at radius 3 is 1.70 bits per heavy atom. The van der Waals surface area contributed by atoms with Gasteiger partial charge in [-0.05, 0) is 36.8 Å². The number of hydrogen-bond donors (Lipinski definition) is 0. The maximum absolute atomic E-state index is 12.8. The third-order valence-corrected chi connectivity index (χ3v) is 4.64. The summed E-state index contributed by atoms with van der Waals surface area (Å²) in [5.74, 6) is -0.516. The van der Waals surface area contributed by atoms with Crippen molar-refractivity contribution >= 4 is 17.4 Å². The molecule has 154 valence electrons. The van der Waals surface area contributed by atoms with Crippen LogP contribution in [0.25, 0.3) is 11.1 Å². The molecule has 0 saturated heterocycles. The molecule has 4 rings (SSSR count). The van der Waals surface area contributed by atoms with Crippen LogP contribution in [0.2, 0.25) is 0 Å². The maximum Gasteiger partial charge on any atom is 0.416 e. The van der Waals surface area contributed by atoms with Gasteiger partial charge in [-0.1, -0.05) is 24.3 Å². The second kappa shape index (κ2) is 6.54. The summed E-state index contributed by atoms with van der Waals surface area (Å²) in [7, 11) is 0. The number of hydrogen-bond acceptors (Lipinski definition) is 3. The van der Waals surface area contributed by atoms with Crippen molar-refractivity contribution in [2.24, 2.45) is 4.99 Å². The van der Waals surface area contributed by atoms with Gasteiger partial charge in [-0.15, -0.1) is 0 Å². The lowest BCUT2D eigenvalue weighted by Gasteiger charge is -2.08. The summed E-state index contributed by atoms with van der Waals surface area (Å²) in [6, 6.07) is 8.29. The number of nitrogens with zero attached hydrogens (tertiary/aromatic N) is 3. The van der Waals surface area contributed by atoms with E-state index >= 15 is 0 Å². The second-order valence-corrected chi connectivity index (χ2v) is 6.61. The maximum atomic E-state index is 12.8. The number of halogens is 6. The van der Waals surface area contributed by atoms with Gasteiger partial charge in [0.2, 0.25) is 0 Å². The van der Waals surface area contributed by atoms with E-state index in [2.05, 4.69) is 10.1 Å². The fourth-order valence-corrected chi connectivity index (χ4v) is 3.18. The lowest BCUT2D eigenvalue weighted by molar-refractivity contribution is -0.138. The zero-order chi connectivity index (χ0) is 21.8. The Morgan fingerprint density at radius 1 is 0.767 bits per heavy atom. The van der Waals surface area contributed by atoms with E-state index in [0.717, 1.165) is 41.1 Å². The van der Waals surface area contributed by atoms with Crippen molar-refractivity contribution in [3.05, 3.63) is 70.9 Å². The smallest absolute Gasteiger partial charge is 0.265 e. The Hall–Kier alpha value is -3.43. The first-order valence-electron chi connectivity index (χ1n) is 8.55. The van der Waals surface area contributed by atoms with E-state index in [4.69, 9.17) is 0 Å². The molecular formula is C20H11F6N3O. The van der Waals surface area contributed by atoms with Crippen LogP contribution in [-0.4, -0.2) is 21.4 Å². The zero-order valence-corrected chi connectivity index (χ0v) is 15.1. The van der Waals surface area contributed by atoms with Crippen LogP contribution >= 0.6 is 0 Å². The molecule has 0 amide bonds. The first-order valence-corrected chi connectivity index (χ1v) is 8.55. The lowest BCUT2D eigenvalue weighted by Crippen LogP contribution is -2.19. The predicted molar refractivity (Wildman–Crippen MR) is 95.7 cm³/mol. The number of rotatable bonds is 2. The summed E-state index contributed by atoms with van der Waals surface area (Å²) in [5, 5.41) is 4.10. The van der Waals surface area contributed by atoms with E-state index in [9.17, 15) is 31.1 Å². The van der Waals surface area contributed by atoms with E-state index in [1.807, 2.05) is 0 Å². The Balaban J connectivity index is 1.74. The topological polar surface area (TPSA) is 47.2 Å². The predicted octanol–water partition coefficient (Wildman–Crippen LogP) is 5.67. The number of carbonyl (C=O) groups excluding carboxylic acids is 1. The van der Waals surface area contributed by atoms with Crippen molar-refractivity contribution in [3.63, 3.8) is 0 Å². The third kappa shape index (κ3) is 3.27. The Bertz CT molecular complexity index is 1170. The molecule has 1 aromatic heterocycles. The summed E-state index contributed by atoms with van der Waals surface area (Å²) in [6.07, 6.45) is -9.00. The van der Waals surface area contributed by atoms with Gasteiger partial charge in [-0.3, -0.25) is 4.79 Å². The molecule has 0 bridgehead atoms. The van der Waals surface area contributed by atoms with Crippen molar-refractivity contribution in [2.45, 2.75) is 19.3 Å². The van der Waals surface area contributed by atoms with Crippen LogP contribution < -0.4 is 0 Å². The molecule has 0 aliphatic carbocycles. The number of benzene rings is 2. The summed E-state index contributed by atoms with van der Waals surface area (Å²) < 4.78 is 77.6. The third-order valence-electron chi connectivity index (χ3n) is 4.64. The molecule has 0 radical (unpaired) electrons. The summed E-state index contributed by atoms with van der Waals surface area (Å²) in [5.41, 5.74) is -0.470. The number of aromatic nitrogens is 2. The average molecular weight is 423 g/mol. The zero-order valence-electron chi connectivity index (χ0n) is 15.1. The van der Waals surface area contributed by atoms with Gasteiger partial charge in [-0.25, -0.2) is 4.99 Å². The van der Waals surface area contributed by atoms with Gasteiger partial charge in [0.1, 0.15) is 5.71 Å². The molecule has 30 heavy (non-hydrogen) atoms. The first kappa shape index (κ1) is 19.9. The second-order valence-electron chi connectivity index (χ2n) is 6.61. The molecule has 0 atom stereocenters. The van der Waals surface area contributed by atoms with Crippen LogP contribution in [0.4, 0.5) is 32.2 Å². The first-order chi connectivity index (χ1) is 14.0. The van der Waals surface area contributed by atoms with Crippen LogP contribution in [-0.2, 0) is 12.4 Å². The minimum absolute atomic E-state index is 0.0978. The van der Waals surface area contributed by atoms with Crippen LogP contribution in [0.3, 0.4) is 0 Å². The van der Waals surface area contributed by atoms with Crippen LogP contribution in [0.15, 0.2) is 53.5 Å². The highest BCUT2D eigenvalue weighted by atomic mass is 19.4. The number of carbonyl (C=O) groups is 1. The van der Waals surface area contributed by atoms with Crippen molar-refractivity contribution in [2.75, 3.05) is 0 Å². The normalized spacial score (nSPS) is 14.1. The molecular weight excluding hydrogens is 412 g/mol. The van der Waals surface area contributed by atoms with Crippen LogP contribution in [0, 0.1) is 6.92 Å². The van der Waals surface area contributed by atoms with Gasteiger partial charge in [0.15, 0.2) is 5.82 Å². The fourth-order valence-electron chi connectivity index (χ4n) is 3.18. The molecule has 3 aromatic rings. The van der Waals surface area contributed by atoms with E-state index in [1.165, 1.54) is 12.1 Å². The molecule has 2 heterocycles. The molecule has 0 spiro atoms. The van der Waals surface area contributed by atoms with Gasteiger partial charge in [0.05, 0.1) is 16.8 Å².